The Hall–Kier alpha value is 0.130. The van der Waals surface area contributed by atoms with Gasteiger partial charge in [0.05, 0.1) is 4.90 Å². The molecule has 15 heavy (non-hydrogen) atoms. The molecule has 0 radical (unpaired) electrons. The van der Waals surface area contributed by atoms with Crippen molar-refractivity contribution < 1.29 is 42.5 Å². The van der Waals surface area contributed by atoms with E-state index in [0.717, 1.165) is 30.4 Å². The Bertz CT molecular complexity index is 454. The Morgan fingerprint density at radius 3 is 2.47 bits per heavy atom. The van der Waals surface area contributed by atoms with Crippen LogP contribution >= 0.6 is 0 Å². The molecule has 0 spiro atoms. The van der Waals surface area contributed by atoms with Gasteiger partial charge in [0, 0.05) is 0 Å². The van der Waals surface area contributed by atoms with E-state index in [1.807, 2.05) is 6.07 Å². The molecule has 0 saturated heterocycles. The van der Waals surface area contributed by atoms with Gasteiger partial charge in [0.2, 0.25) is 0 Å². The van der Waals surface area contributed by atoms with Gasteiger partial charge in [-0.15, -0.1) is 0 Å². The summed E-state index contributed by atoms with van der Waals surface area (Å²) in [5, 5.41) is 0. The Labute approximate surface area is 112 Å². The second-order valence-electron chi connectivity index (χ2n) is 3.56. The number of hydrogen-bond acceptors (Lipinski definition) is 3. The summed E-state index contributed by atoms with van der Waals surface area (Å²) < 4.78 is 32.8. The first kappa shape index (κ1) is 13.2. The van der Waals surface area contributed by atoms with E-state index in [4.69, 9.17) is 0 Å². The minimum atomic E-state index is -4.29. The maximum atomic E-state index is 10.9. The van der Waals surface area contributed by atoms with E-state index in [-0.39, 0.29) is 34.5 Å². The molecule has 0 amide bonds. The summed E-state index contributed by atoms with van der Waals surface area (Å²) in [6, 6.07) is 4.96. The maximum absolute atomic E-state index is 10.9. The smallest absolute Gasteiger partial charge is 0.744 e. The van der Waals surface area contributed by atoms with Crippen molar-refractivity contribution in [2.75, 3.05) is 0 Å². The molecule has 76 valence electrons. The van der Waals surface area contributed by atoms with Gasteiger partial charge in [-0.2, -0.15) is 0 Å². The number of fused-ring (bicyclic) bond motifs is 1. The SMILES string of the molecule is O=S(=O)([O-])c1cccc2c1CCCC2.[Na+]. The van der Waals surface area contributed by atoms with E-state index in [9.17, 15) is 13.0 Å². The van der Waals surface area contributed by atoms with Crippen LogP contribution in [0.1, 0.15) is 24.0 Å². The Balaban J connectivity index is 0.00000112. The van der Waals surface area contributed by atoms with Gasteiger partial charge in [0.1, 0.15) is 10.1 Å². The van der Waals surface area contributed by atoms with Crippen LogP contribution in [-0.4, -0.2) is 13.0 Å². The van der Waals surface area contributed by atoms with Gasteiger partial charge in [0.25, 0.3) is 0 Å². The van der Waals surface area contributed by atoms with Crippen molar-refractivity contribution in [3.05, 3.63) is 29.3 Å². The molecule has 0 fully saturated rings. The predicted molar refractivity (Wildman–Crippen MR) is 51.0 cm³/mol. The van der Waals surface area contributed by atoms with Gasteiger partial charge in [-0.1, -0.05) is 12.1 Å². The number of hydrogen-bond donors (Lipinski definition) is 0. The maximum Gasteiger partial charge on any atom is 1.00 e. The Morgan fingerprint density at radius 1 is 1.13 bits per heavy atom. The third-order valence-corrected chi connectivity index (χ3v) is 3.54. The van der Waals surface area contributed by atoms with Crippen LogP contribution in [0.2, 0.25) is 0 Å². The fourth-order valence-corrected chi connectivity index (χ4v) is 2.76. The zero-order valence-electron chi connectivity index (χ0n) is 8.69. The number of rotatable bonds is 1. The third kappa shape index (κ3) is 2.82. The molecule has 1 aliphatic rings. The largest absolute Gasteiger partial charge is 1.00 e. The quantitative estimate of drug-likeness (QED) is 0.438. The monoisotopic (exact) mass is 234 g/mol. The Morgan fingerprint density at radius 2 is 1.80 bits per heavy atom. The summed E-state index contributed by atoms with van der Waals surface area (Å²) in [6.45, 7) is 0. The van der Waals surface area contributed by atoms with Crippen LogP contribution in [0.15, 0.2) is 23.1 Å². The van der Waals surface area contributed by atoms with Crippen molar-refractivity contribution in [3.63, 3.8) is 0 Å². The average molecular weight is 234 g/mol. The van der Waals surface area contributed by atoms with E-state index in [1.54, 1.807) is 6.07 Å². The summed E-state index contributed by atoms with van der Waals surface area (Å²) >= 11 is 0. The third-order valence-electron chi connectivity index (χ3n) is 2.62. The predicted octanol–water partition coefficient (Wildman–Crippen LogP) is -1.53. The van der Waals surface area contributed by atoms with Crippen molar-refractivity contribution in [3.8, 4) is 0 Å². The standard InChI is InChI=1S/C10H12O3S.Na/c11-14(12,13)10-7-3-5-8-4-1-2-6-9(8)10;/h3,5,7H,1-2,4,6H2,(H,11,12,13);/q;+1/p-1. The molecular formula is C10H11NaO3S. The van der Waals surface area contributed by atoms with Crippen LogP contribution in [-0.2, 0) is 23.0 Å². The van der Waals surface area contributed by atoms with Crippen molar-refractivity contribution in [1.82, 2.24) is 0 Å². The van der Waals surface area contributed by atoms with E-state index in [2.05, 4.69) is 0 Å². The van der Waals surface area contributed by atoms with Gasteiger partial charge in [0.15, 0.2) is 0 Å². The van der Waals surface area contributed by atoms with E-state index in [1.165, 1.54) is 6.07 Å². The van der Waals surface area contributed by atoms with E-state index >= 15 is 0 Å². The molecule has 0 heterocycles. The second kappa shape index (κ2) is 4.97. The van der Waals surface area contributed by atoms with Gasteiger partial charge in [-0.25, -0.2) is 8.42 Å². The topological polar surface area (TPSA) is 57.2 Å². The molecule has 0 aromatic heterocycles. The molecule has 0 bridgehead atoms. The first-order valence-corrected chi connectivity index (χ1v) is 6.06. The summed E-state index contributed by atoms with van der Waals surface area (Å²) in [4.78, 5) is -0.0188. The van der Waals surface area contributed by atoms with E-state index < -0.39 is 10.1 Å². The molecule has 0 N–H and O–H groups in total. The molecule has 0 atom stereocenters. The van der Waals surface area contributed by atoms with Gasteiger partial charge in [-0.3, -0.25) is 0 Å². The summed E-state index contributed by atoms with van der Waals surface area (Å²) in [7, 11) is -4.29. The molecular weight excluding hydrogens is 223 g/mol. The van der Waals surface area contributed by atoms with Crippen LogP contribution in [0.25, 0.3) is 0 Å². The van der Waals surface area contributed by atoms with Gasteiger partial charge < -0.3 is 4.55 Å². The first-order valence-electron chi connectivity index (χ1n) is 4.66. The summed E-state index contributed by atoms with van der Waals surface area (Å²) in [5.41, 5.74) is 1.77. The molecule has 0 unspecified atom stereocenters. The fourth-order valence-electron chi connectivity index (χ4n) is 1.98. The zero-order valence-corrected chi connectivity index (χ0v) is 11.5. The summed E-state index contributed by atoms with van der Waals surface area (Å²) in [6.07, 6.45) is 3.65. The van der Waals surface area contributed by atoms with Crippen molar-refractivity contribution in [1.29, 1.82) is 0 Å². The molecule has 1 aliphatic carbocycles. The fraction of sp³-hybridized carbons (Fsp3) is 0.400. The zero-order chi connectivity index (χ0) is 10.2. The Kier molecular flexibility index (Phi) is 4.38. The number of aryl methyl sites for hydroxylation is 1. The van der Waals surface area contributed by atoms with Gasteiger partial charge in [-0.05, 0) is 42.9 Å². The van der Waals surface area contributed by atoms with Crippen LogP contribution < -0.4 is 29.6 Å². The van der Waals surface area contributed by atoms with Crippen molar-refractivity contribution >= 4 is 10.1 Å². The van der Waals surface area contributed by atoms with Crippen LogP contribution in [0.3, 0.4) is 0 Å². The molecule has 1 aromatic rings. The van der Waals surface area contributed by atoms with Crippen molar-refractivity contribution in [2.45, 2.75) is 30.6 Å². The summed E-state index contributed by atoms with van der Waals surface area (Å²) in [5.74, 6) is 0. The molecule has 1 aromatic carbocycles. The van der Waals surface area contributed by atoms with Crippen LogP contribution in [0.5, 0.6) is 0 Å². The molecule has 0 aliphatic heterocycles. The van der Waals surface area contributed by atoms with Gasteiger partial charge >= 0.3 is 29.6 Å². The second-order valence-corrected chi connectivity index (χ2v) is 4.90. The van der Waals surface area contributed by atoms with Crippen molar-refractivity contribution in [2.24, 2.45) is 0 Å². The van der Waals surface area contributed by atoms with Crippen LogP contribution in [0, 0.1) is 0 Å². The minimum absolute atomic E-state index is 0. The average Bonchev–Trinajstić information content (AvgIpc) is 2.15. The molecule has 2 rings (SSSR count). The number of benzene rings is 1. The molecule has 3 nitrogen and oxygen atoms in total. The van der Waals surface area contributed by atoms with Crippen LogP contribution in [0.4, 0.5) is 0 Å². The molecule has 0 saturated carbocycles. The normalized spacial score (nSPS) is 15.3. The molecule has 5 heteroatoms. The first-order chi connectivity index (χ1) is 6.59. The van der Waals surface area contributed by atoms with E-state index in [0.29, 0.717) is 6.42 Å². The minimum Gasteiger partial charge on any atom is -0.744 e.